The molecule has 5 saturated carbocycles. The zero-order chi connectivity index (χ0) is 15.2. The minimum Gasteiger partial charge on any atom is -0.481 e. The molecule has 4 heteroatoms. The maximum atomic E-state index is 12.4. The second-order valence-electron chi connectivity index (χ2n) is 8.96. The maximum absolute atomic E-state index is 12.4. The highest BCUT2D eigenvalue weighted by molar-refractivity contribution is 5.78. The van der Waals surface area contributed by atoms with E-state index < -0.39 is 22.6 Å². The van der Waals surface area contributed by atoms with Gasteiger partial charge in [0.1, 0.15) is 5.41 Å². The summed E-state index contributed by atoms with van der Waals surface area (Å²) in [5.41, 5.74) is -1.80. The first-order chi connectivity index (χ1) is 10.5. The fourth-order valence-corrected chi connectivity index (χ4v) is 7.67. The van der Waals surface area contributed by atoms with Crippen LogP contribution in [0.5, 0.6) is 0 Å². The Morgan fingerprint density at radius 2 is 1.68 bits per heavy atom. The molecule has 5 aliphatic carbocycles. The van der Waals surface area contributed by atoms with Gasteiger partial charge >= 0.3 is 5.97 Å². The smallest absolute Gasteiger partial charge is 0.312 e. The van der Waals surface area contributed by atoms with Crippen molar-refractivity contribution < 1.29 is 19.7 Å². The molecule has 6 fully saturated rings. The number of aliphatic carboxylic acids is 1. The van der Waals surface area contributed by atoms with Crippen molar-refractivity contribution in [2.45, 2.75) is 69.0 Å². The van der Waals surface area contributed by atoms with Gasteiger partial charge in [-0.3, -0.25) is 4.79 Å². The molecule has 0 amide bonds. The standard InChI is InChI=1S/C18H26O4/c19-10-16-2-1-3-17(9-16,15(20)21)18(22-16)13-5-11-4-12(7-13)8-14(18)6-11/h11-14,19H,1-10H2,(H,20,21)/t11?,12?,13?,14?,16-,17+,18?/m0/s1. The molecule has 2 N–H and O–H groups in total. The van der Waals surface area contributed by atoms with Crippen LogP contribution in [-0.2, 0) is 9.53 Å². The van der Waals surface area contributed by atoms with E-state index in [1.165, 1.54) is 6.42 Å². The largest absolute Gasteiger partial charge is 0.481 e. The number of fused-ring (bicyclic) bond motifs is 2. The van der Waals surface area contributed by atoms with Crippen LogP contribution >= 0.6 is 0 Å². The van der Waals surface area contributed by atoms with Crippen molar-refractivity contribution in [3.05, 3.63) is 0 Å². The van der Waals surface area contributed by atoms with Crippen LogP contribution in [-0.4, -0.2) is 34.0 Å². The van der Waals surface area contributed by atoms with E-state index in [1.54, 1.807) is 0 Å². The number of hydrogen-bond donors (Lipinski definition) is 2. The lowest BCUT2D eigenvalue weighted by Crippen LogP contribution is -2.66. The highest BCUT2D eigenvalue weighted by atomic mass is 16.5. The summed E-state index contributed by atoms with van der Waals surface area (Å²) in [5, 5.41) is 20.2. The summed E-state index contributed by atoms with van der Waals surface area (Å²) >= 11 is 0. The summed E-state index contributed by atoms with van der Waals surface area (Å²) in [5.74, 6) is 1.76. The zero-order valence-electron chi connectivity index (χ0n) is 13.1. The van der Waals surface area contributed by atoms with Crippen molar-refractivity contribution in [2.24, 2.45) is 29.1 Å². The van der Waals surface area contributed by atoms with Crippen LogP contribution in [0.1, 0.15) is 57.8 Å². The molecule has 6 rings (SSSR count). The van der Waals surface area contributed by atoms with Gasteiger partial charge in [-0.05, 0) is 81.5 Å². The van der Waals surface area contributed by atoms with Crippen LogP contribution in [0.15, 0.2) is 0 Å². The molecular weight excluding hydrogens is 280 g/mol. The second kappa shape index (κ2) is 4.07. The Balaban J connectivity index is 1.67. The number of aliphatic hydroxyl groups excluding tert-OH is 1. The van der Waals surface area contributed by atoms with Crippen molar-refractivity contribution in [1.29, 1.82) is 0 Å². The number of ether oxygens (including phenoxy) is 1. The maximum Gasteiger partial charge on any atom is 0.312 e. The van der Waals surface area contributed by atoms with Crippen LogP contribution < -0.4 is 0 Å². The van der Waals surface area contributed by atoms with Crippen molar-refractivity contribution in [3.63, 3.8) is 0 Å². The molecule has 4 nitrogen and oxygen atoms in total. The molecule has 6 aliphatic rings. The van der Waals surface area contributed by atoms with Crippen LogP contribution in [0.2, 0.25) is 0 Å². The fourth-order valence-electron chi connectivity index (χ4n) is 7.67. The number of hydrogen-bond acceptors (Lipinski definition) is 3. The van der Waals surface area contributed by atoms with E-state index in [1.807, 2.05) is 0 Å². The molecule has 1 spiro atoms. The van der Waals surface area contributed by atoms with E-state index in [2.05, 4.69) is 0 Å². The van der Waals surface area contributed by atoms with E-state index in [4.69, 9.17) is 4.74 Å². The average molecular weight is 306 g/mol. The van der Waals surface area contributed by atoms with Crippen molar-refractivity contribution >= 4 is 5.97 Å². The Kier molecular flexibility index (Phi) is 2.55. The second-order valence-corrected chi connectivity index (χ2v) is 8.96. The molecule has 1 heterocycles. The molecule has 0 aromatic rings. The lowest BCUT2D eigenvalue weighted by atomic mass is 9.43. The molecule has 0 unspecified atom stereocenters. The molecular formula is C18H26O4. The van der Waals surface area contributed by atoms with Crippen molar-refractivity contribution in [3.8, 4) is 0 Å². The highest BCUT2D eigenvalue weighted by Crippen LogP contribution is 2.72. The molecule has 0 aromatic carbocycles. The molecule has 2 atom stereocenters. The topological polar surface area (TPSA) is 66.8 Å². The summed E-state index contributed by atoms with van der Waals surface area (Å²) in [4.78, 5) is 12.4. The summed E-state index contributed by atoms with van der Waals surface area (Å²) < 4.78 is 6.72. The molecule has 122 valence electrons. The van der Waals surface area contributed by atoms with E-state index >= 15 is 0 Å². The predicted octanol–water partition coefficient (Wildman–Crippen LogP) is 2.59. The van der Waals surface area contributed by atoms with Gasteiger partial charge in [0.2, 0.25) is 0 Å². The Labute approximate surface area is 131 Å². The van der Waals surface area contributed by atoms with Gasteiger partial charge in [-0.2, -0.15) is 0 Å². The van der Waals surface area contributed by atoms with Crippen LogP contribution in [0.3, 0.4) is 0 Å². The average Bonchev–Trinajstić information content (AvgIpc) is 2.71. The van der Waals surface area contributed by atoms with Gasteiger partial charge in [0.05, 0.1) is 17.8 Å². The fraction of sp³-hybridized carbons (Fsp3) is 0.944. The summed E-state index contributed by atoms with van der Waals surface area (Å²) in [7, 11) is 0. The van der Waals surface area contributed by atoms with Gasteiger partial charge in [0.15, 0.2) is 0 Å². The molecule has 1 saturated heterocycles. The first-order valence-electron chi connectivity index (χ1n) is 9.08. The first kappa shape index (κ1) is 13.8. The number of aliphatic hydroxyl groups is 1. The van der Waals surface area contributed by atoms with E-state index in [0.717, 1.165) is 56.8 Å². The van der Waals surface area contributed by atoms with E-state index in [-0.39, 0.29) is 6.61 Å². The minimum absolute atomic E-state index is 0.0178. The molecule has 6 bridgehead atoms. The van der Waals surface area contributed by atoms with E-state index in [0.29, 0.717) is 18.3 Å². The SMILES string of the molecule is O=C(O)[C@@]12CCC[C@@](CO)(C1)OC21C2CC3CC(C2)CC1C3. The summed E-state index contributed by atoms with van der Waals surface area (Å²) in [6, 6.07) is 0. The Morgan fingerprint density at radius 3 is 2.23 bits per heavy atom. The van der Waals surface area contributed by atoms with E-state index in [9.17, 15) is 15.0 Å². The third-order valence-electron chi connectivity index (χ3n) is 8.04. The van der Waals surface area contributed by atoms with Gasteiger partial charge in [-0.15, -0.1) is 0 Å². The lowest BCUT2D eigenvalue weighted by molar-refractivity contribution is -0.251. The highest BCUT2D eigenvalue weighted by Gasteiger charge is 2.76. The van der Waals surface area contributed by atoms with Gasteiger partial charge in [-0.25, -0.2) is 0 Å². The Bertz CT molecular complexity index is 501. The molecule has 22 heavy (non-hydrogen) atoms. The molecule has 1 aliphatic heterocycles. The third kappa shape index (κ3) is 1.36. The van der Waals surface area contributed by atoms with Crippen molar-refractivity contribution in [1.82, 2.24) is 0 Å². The number of carboxylic acids is 1. The van der Waals surface area contributed by atoms with Gasteiger partial charge in [0.25, 0.3) is 0 Å². The summed E-state index contributed by atoms with van der Waals surface area (Å²) in [6.07, 6.45) is 8.96. The zero-order valence-corrected chi connectivity index (χ0v) is 13.1. The molecule has 0 radical (unpaired) electrons. The van der Waals surface area contributed by atoms with Crippen LogP contribution in [0.25, 0.3) is 0 Å². The predicted molar refractivity (Wildman–Crippen MR) is 79.2 cm³/mol. The molecule has 0 aromatic heterocycles. The monoisotopic (exact) mass is 306 g/mol. The number of carboxylic acid groups (broad SMARTS) is 1. The Morgan fingerprint density at radius 1 is 1.05 bits per heavy atom. The van der Waals surface area contributed by atoms with Crippen LogP contribution in [0.4, 0.5) is 0 Å². The van der Waals surface area contributed by atoms with Gasteiger partial charge in [0, 0.05) is 0 Å². The summed E-state index contributed by atoms with van der Waals surface area (Å²) in [6.45, 7) is -0.0178. The third-order valence-corrected chi connectivity index (χ3v) is 8.04. The Hall–Kier alpha value is -0.610. The number of carbonyl (C=O) groups is 1. The lowest BCUT2D eigenvalue weighted by Gasteiger charge is -2.63. The number of rotatable bonds is 2. The normalized spacial score (nSPS) is 58.4. The quantitative estimate of drug-likeness (QED) is 0.823. The van der Waals surface area contributed by atoms with Gasteiger partial charge < -0.3 is 14.9 Å². The van der Waals surface area contributed by atoms with Crippen molar-refractivity contribution in [2.75, 3.05) is 6.61 Å². The van der Waals surface area contributed by atoms with Crippen LogP contribution in [0, 0.1) is 29.1 Å². The van der Waals surface area contributed by atoms with Gasteiger partial charge in [-0.1, -0.05) is 0 Å². The minimum atomic E-state index is -0.739. The first-order valence-corrected chi connectivity index (χ1v) is 9.08.